The minimum atomic E-state index is -2.44. The van der Waals surface area contributed by atoms with Crippen LogP contribution < -0.4 is 0 Å². The van der Waals surface area contributed by atoms with E-state index in [9.17, 15) is 4.79 Å². The van der Waals surface area contributed by atoms with Crippen molar-refractivity contribution in [1.29, 1.82) is 0 Å². The van der Waals surface area contributed by atoms with Crippen molar-refractivity contribution in [3.8, 4) is 0 Å². The predicted octanol–water partition coefficient (Wildman–Crippen LogP) is 5.78. The van der Waals surface area contributed by atoms with Gasteiger partial charge in [-0.15, -0.1) is 0 Å². The number of hydrogen-bond donors (Lipinski definition) is 0. The molecule has 0 rings (SSSR count). The summed E-state index contributed by atoms with van der Waals surface area (Å²) >= 11 is 7.25. The fourth-order valence-electron chi connectivity index (χ4n) is 2.47. The summed E-state index contributed by atoms with van der Waals surface area (Å²) in [5.74, 6) is -2.78. The Bertz CT molecular complexity index is 280. The Hall–Kier alpha value is -0.0700. The van der Waals surface area contributed by atoms with Crippen LogP contribution in [0.2, 0.25) is 0 Å². The van der Waals surface area contributed by atoms with Crippen molar-refractivity contribution < 1.29 is 9.53 Å². The summed E-state index contributed by atoms with van der Waals surface area (Å²) in [6.45, 7) is 10.0. The monoisotopic (exact) mass is 322 g/mol. The number of esters is 1. The van der Waals surface area contributed by atoms with Gasteiger partial charge >= 0.3 is 129 Å². The summed E-state index contributed by atoms with van der Waals surface area (Å²) in [5, 5.41) is 0. The van der Waals surface area contributed by atoms with Gasteiger partial charge in [-0.05, 0) is 0 Å². The fourth-order valence-corrected chi connectivity index (χ4v) is 8.52. The first-order chi connectivity index (χ1) is 9.43. The first kappa shape index (κ1) is 19.9. The van der Waals surface area contributed by atoms with E-state index in [0.717, 1.165) is 57.0 Å². The minimum absolute atomic E-state index is 0.343. The van der Waals surface area contributed by atoms with Gasteiger partial charge in [0.2, 0.25) is 0 Å². The molecular weight excluding hydrogens is 291 g/mol. The second-order valence-electron chi connectivity index (χ2n) is 5.85. The van der Waals surface area contributed by atoms with Crippen LogP contribution in [0.4, 0.5) is 0 Å². The van der Waals surface area contributed by atoms with Gasteiger partial charge < -0.3 is 0 Å². The standard InChI is InChI=1S/C16H32ClO2P/c1-5-9-12-20(17,13-10-6-2,14-11-7-3)15-19-16(18)8-4/h8H,4-7,9-15H2,1-3H3. The Balaban J connectivity index is 5.05. The van der Waals surface area contributed by atoms with Gasteiger partial charge in [0.15, 0.2) is 0 Å². The molecule has 20 heavy (non-hydrogen) atoms. The van der Waals surface area contributed by atoms with E-state index < -0.39 is 5.96 Å². The van der Waals surface area contributed by atoms with Gasteiger partial charge in [0, 0.05) is 0 Å². The van der Waals surface area contributed by atoms with Crippen molar-refractivity contribution in [2.75, 3.05) is 24.8 Å². The molecule has 0 saturated heterocycles. The van der Waals surface area contributed by atoms with Crippen molar-refractivity contribution in [2.45, 2.75) is 59.3 Å². The second-order valence-corrected chi connectivity index (χ2v) is 14.0. The maximum absolute atomic E-state index is 11.4. The first-order valence-corrected chi connectivity index (χ1v) is 11.8. The summed E-state index contributed by atoms with van der Waals surface area (Å²) in [5.41, 5.74) is 0. The average Bonchev–Trinajstić information content (AvgIpc) is 2.47. The molecule has 0 bridgehead atoms. The molecule has 4 heteroatoms. The molecule has 0 heterocycles. The third-order valence-electron chi connectivity index (χ3n) is 3.91. The SMILES string of the molecule is C=CC(=O)OCP(Cl)(CCCC)(CCCC)CCCC. The topological polar surface area (TPSA) is 26.3 Å². The van der Waals surface area contributed by atoms with Crippen LogP contribution >= 0.6 is 17.2 Å². The van der Waals surface area contributed by atoms with Crippen molar-refractivity contribution in [3.05, 3.63) is 12.7 Å². The molecule has 0 amide bonds. The Morgan fingerprint density at radius 1 is 1.05 bits per heavy atom. The molecule has 0 aliphatic carbocycles. The quantitative estimate of drug-likeness (QED) is 0.258. The normalized spacial score (nSPS) is 13.5. The van der Waals surface area contributed by atoms with Crippen LogP contribution in [0.15, 0.2) is 12.7 Å². The van der Waals surface area contributed by atoms with Gasteiger partial charge in [0.05, 0.1) is 0 Å². The van der Waals surface area contributed by atoms with Crippen LogP contribution in [-0.2, 0) is 9.53 Å². The molecule has 0 unspecified atom stereocenters. The number of halogens is 1. The Morgan fingerprint density at radius 3 is 1.75 bits per heavy atom. The number of carbonyl (C=O) groups is 1. The Labute approximate surface area is 130 Å². The second kappa shape index (κ2) is 9.79. The van der Waals surface area contributed by atoms with E-state index in [0.29, 0.717) is 6.35 Å². The maximum atomic E-state index is 11.4. The Morgan fingerprint density at radius 2 is 1.45 bits per heavy atom. The van der Waals surface area contributed by atoms with Gasteiger partial charge in [-0.2, -0.15) is 0 Å². The molecule has 120 valence electrons. The molecule has 0 radical (unpaired) electrons. The number of rotatable bonds is 12. The van der Waals surface area contributed by atoms with Gasteiger partial charge in [-0.25, -0.2) is 0 Å². The molecule has 0 aliphatic rings. The molecule has 0 saturated carbocycles. The Kier molecular flexibility index (Phi) is 9.76. The molecule has 0 aromatic rings. The molecular formula is C16H32ClO2P. The van der Waals surface area contributed by atoms with Gasteiger partial charge in [-0.3, -0.25) is 0 Å². The van der Waals surface area contributed by atoms with Gasteiger partial charge in [0.25, 0.3) is 0 Å². The van der Waals surface area contributed by atoms with E-state index in [1.807, 2.05) is 0 Å². The van der Waals surface area contributed by atoms with E-state index in [-0.39, 0.29) is 5.97 Å². The molecule has 0 atom stereocenters. The third kappa shape index (κ3) is 7.09. The van der Waals surface area contributed by atoms with Crippen LogP contribution in [0, 0.1) is 0 Å². The molecule has 0 aromatic carbocycles. The summed E-state index contributed by atoms with van der Waals surface area (Å²) in [7, 11) is 0. The predicted molar refractivity (Wildman–Crippen MR) is 93.3 cm³/mol. The van der Waals surface area contributed by atoms with Gasteiger partial charge in [-0.1, -0.05) is 0 Å². The number of carbonyl (C=O) groups excluding carboxylic acids is 1. The zero-order valence-electron chi connectivity index (χ0n) is 13.5. The molecule has 2 nitrogen and oxygen atoms in total. The van der Waals surface area contributed by atoms with E-state index in [2.05, 4.69) is 27.4 Å². The van der Waals surface area contributed by atoms with Crippen molar-refractivity contribution in [1.82, 2.24) is 0 Å². The number of ether oxygens (including phenoxy) is 1. The summed E-state index contributed by atoms with van der Waals surface area (Å²) < 4.78 is 5.42. The van der Waals surface area contributed by atoms with Crippen LogP contribution in [0.5, 0.6) is 0 Å². The molecule has 0 aromatic heterocycles. The third-order valence-corrected chi connectivity index (χ3v) is 10.8. The van der Waals surface area contributed by atoms with Crippen LogP contribution in [-0.4, -0.2) is 30.8 Å². The summed E-state index contributed by atoms with van der Waals surface area (Å²) in [6, 6.07) is 0. The van der Waals surface area contributed by atoms with E-state index in [1.165, 1.54) is 6.08 Å². The summed E-state index contributed by atoms with van der Waals surface area (Å²) in [4.78, 5) is 11.4. The molecule has 0 fully saturated rings. The summed E-state index contributed by atoms with van der Waals surface area (Å²) in [6.07, 6.45) is 11.6. The number of unbranched alkanes of at least 4 members (excludes halogenated alkanes) is 3. The van der Waals surface area contributed by atoms with E-state index in [1.54, 1.807) is 0 Å². The van der Waals surface area contributed by atoms with Crippen molar-refractivity contribution in [3.63, 3.8) is 0 Å². The zero-order chi connectivity index (χ0) is 15.5. The van der Waals surface area contributed by atoms with Crippen LogP contribution in [0.3, 0.4) is 0 Å². The first-order valence-electron chi connectivity index (χ1n) is 7.95. The van der Waals surface area contributed by atoms with E-state index >= 15 is 0 Å². The van der Waals surface area contributed by atoms with Gasteiger partial charge in [0.1, 0.15) is 0 Å². The molecule has 0 aliphatic heterocycles. The molecule has 0 spiro atoms. The average molecular weight is 323 g/mol. The van der Waals surface area contributed by atoms with Crippen molar-refractivity contribution in [2.24, 2.45) is 0 Å². The number of hydrogen-bond acceptors (Lipinski definition) is 2. The van der Waals surface area contributed by atoms with Crippen LogP contribution in [0.25, 0.3) is 0 Å². The fraction of sp³-hybridized carbons (Fsp3) is 0.812. The van der Waals surface area contributed by atoms with E-state index in [4.69, 9.17) is 16.0 Å². The van der Waals surface area contributed by atoms with Crippen molar-refractivity contribution >= 4 is 23.2 Å². The van der Waals surface area contributed by atoms with Crippen LogP contribution in [0.1, 0.15) is 59.3 Å². The molecule has 0 N–H and O–H groups in total. The zero-order valence-corrected chi connectivity index (χ0v) is 15.1.